The largest absolute Gasteiger partial charge is 0.378 e. The second kappa shape index (κ2) is 5.05. The molecule has 6 nitrogen and oxygen atoms in total. The predicted octanol–water partition coefficient (Wildman–Crippen LogP) is -0.863. The summed E-state index contributed by atoms with van der Waals surface area (Å²) < 4.78 is 4.74. The standard InChI is InChI=1S/C11H13NO5/c1-17-11(16,9(14)10(12)15)8-4-2-7(6-13)3-5-8/h2-6,9,14,16H,1H3,(H2,12,15). The Labute approximate surface area is 97.6 Å². The van der Waals surface area contributed by atoms with Gasteiger partial charge in [0, 0.05) is 18.2 Å². The summed E-state index contributed by atoms with van der Waals surface area (Å²) in [4.78, 5) is 21.3. The van der Waals surface area contributed by atoms with Gasteiger partial charge in [0.25, 0.3) is 5.91 Å². The minimum atomic E-state index is -2.23. The number of methoxy groups -OCH3 is 1. The maximum Gasteiger partial charge on any atom is 0.252 e. The van der Waals surface area contributed by atoms with Crippen LogP contribution in [0.3, 0.4) is 0 Å². The maximum absolute atomic E-state index is 10.9. The van der Waals surface area contributed by atoms with E-state index in [1.54, 1.807) is 0 Å². The lowest BCUT2D eigenvalue weighted by molar-refractivity contribution is -0.246. The number of carbonyl (C=O) groups excluding carboxylic acids is 2. The van der Waals surface area contributed by atoms with Crippen molar-refractivity contribution < 1.29 is 24.5 Å². The summed E-state index contributed by atoms with van der Waals surface area (Å²) >= 11 is 0. The number of primary amides is 1. The number of aliphatic hydroxyl groups is 2. The molecule has 0 fully saturated rings. The van der Waals surface area contributed by atoms with Crippen LogP contribution in [0.2, 0.25) is 0 Å². The van der Waals surface area contributed by atoms with Gasteiger partial charge in [-0.1, -0.05) is 24.3 Å². The summed E-state index contributed by atoms with van der Waals surface area (Å²) in [7, 11) is 1.12. The SMILES string of the molecule is COC(O)(c1ccc(C=O)cc1)C(O)C(N)=O. The van der Waals surface area contributed by atoms with E-state index in [0.29, 0.717) is 11.8 Å². The monoisotopic (exact) mass is 239 g/mol. The van der Waals surface area contributed by atoms with Crippen LogP contribution < -0.4 is 5.73 Å². The zero-order valence-electron chi connectivity index (χ0n) is 9.16. The minimum Gasteiger partial charge on any atom is -0.378 e. The maximum atomic E-state index is 10.9. The number of amides is 1. The van der Waals surface area contributed by atoms with Crippen molar-refractivity contribution in [1.29, 1.82) is 0 Å². The molecule has 0 spiro atoms. The van der Waals surface area contributed by atoms with E-state index < -0.39 is 17.8 Å². The molecule has 1 aromatic carbocycles. The number of hydrogen-bond acceptors (Lipinski definition) is 5. The van der Waals surface area contributed by atoms with Crippen molar-refractivity contribution in [2.45, 2.75) is 11.9 Å². The average molecular weight is 239 g/mol. The lowest BCUT2D eigenvalue weighted by Crippen LogP contribution is -2.48. The molecule has 4 N–H and O–H groups in total. The first kappa shape index (κ1) is 13.3. The number of aldehydes is 1. The summed E-state index contributed by atoms with van der Waals surface area (Å²) in [5, 5.41) is 19.5. The van der Waals surface area contributed by atoms with Crippen molar-refractivity contribution in [3.63, 3.8) is 0 Å². The van der Waals surface area contributed by atoms with Gasteiger partial charge in [0.2, 0.25) is 5.79 Å². The van der Waals surface area contributed by atoms with Gasteiger partial charge in [0.05, 0.1) is 0 Å². The molecule has 2 unspecified atom stereocenters. The highest BCUT2D eigenvalue weighted by Gasteiger charge is 2.41. The minimum absolute atomic E-state index is 0.122. The van der Waals surface area contributed by atoms with E-state index in [1.165, 1.54) is 24.3 Å². The van der Waals surface area contributed by atoms with Gasteiger partial charge in [-0.2, -0.15) is 0 Å². The molecule has 0 aromatic heterocycles. The summed E-state index contributed by atoms with van der Waals surface area (Å²) in [5.41, 5.74) is 5.42. The van der Waals surface area contributed by atoms with Crippen LogP contribution in [0.25, 0.3) is 0 Å². The Morgan fingerprint density at radius 1 is 1.47 bits per heavy atom. The van der Waals surface area contributed by atoms with E-state index in [4.69, 9.17) is 10.5 Å². The molecule has 0 aliphatic rings. The molecule has 0 aliphatic carbocycles. The Morgan fingerprint density at radius 2 is 2.00 bits per heavy atom. The summed E-state index contributed by atoms with van der Waals surface area (Å²) in [6.45, 7) is 0. The van der Waals surface area contributed by atoms with Crippen molar-refractivity contribution in [3.8, 4) is 0 Å². The van der Waals surface area contributed by atoms with Gasteiger partial charge in [-0.3, -0.25) is 9.59 Å². The van der Waals surface area contributed by atoms with E-state index >= 15 is 0 Å². The van der Waals surface area contributed by atoms with E-state index in [9.17, 15) is 19.8 Å². The van der Waals surface area contributed by atoms with Crippen LogP contribution in [-0.2, 0) is 15.3 Å². The quantitative estimate of drug-likeness (QED) is 0.457. The Morgan fingerprint density at radius 3 is 2.35 bits per heavy atom. The van der Waals surface area contributed by atoms with E-state index in [-0.39, 0.29) is 5.56 Å². The van der Waals surface area contributed by atoms with Crippen LogP contribution in [0, 0.1) is 0 Å². The van der Waals surface area contributed by atoms with Gasteiger partial charge >= 0.3 is 0 Å². The highest BCUT2D eigenvalue weighted by atomic mass is 16.6. The number of ether oxygens (including phenoxy) is 1. The van der Waals surface area contributed by atoms with Crippen LogP contribution >= 0.6 is 0 Å². The first-order chi connectivity index (χ1) is 7.95. The number of rotatable bonds is 5. The molecule has 0 aliphatic heterocycles. The van der Waals surface area contributed by atoms with Crippen molar-refractivity contribution >= 4 is 12.2 Å². The lowest BCUT2D eigenvalue weighted by atomic mass is 9.98. The van der Waals surface area contributed by atoms with Crippen molar-refractivity contribution in [1.82, 2.24) is 0 Å². The fraction of sp³-hybridized carbons (Fsp3) is 0.273. The number of nitrogens with two attached hydrogens (primary N) is 1. The molecule has 0 saturated heterocycles. The van der Waals surface area contributed by atoms with Gasteiger partial charge in [-0.25, -0.2) is 0 Å². The predicted molar refractivity (Wildman–Crippen MR) is 57.9 cm³/mol. The van der Waals surface area contributed by atoms with Crippen LogP contribution in [0.5, 0.6) is 0 Å². The molecular weight excluding hydrogens is 226 g/mol. The average Bonchev–Trinajstić information content (AvgIpc) is 2.36. The third-order valence-corrected chi connectivity index (χ3v) is 2.41. The molecular formula is C11H13NO5. The molecule has 2 atom stereocenters. The summed E-state index contributed by atoms with van der Waals surface area (Å²) in [5.74, 6) is -3.35. The Kier molecular flexibility index (Phi) is 3.95. The van der Waals surface area contributed by atoms with Gasteiger partial charge in [-0.15, -0.1) is 0 Å². The molecule has 0 radical (unpaired) electrons. The van der Waals surface area contributed by atoms with E-state index in [1.807, 2.05) is 0 Å². The Balaban J connectivity index is 3.15. The van der Waals surface area contributed by atoms with Crippen molar-refractivity contribution in [2.75, 3.05) is 7.11 Å². The molecule has 1 rings (SSSR count). The fourth-order valence-corrected chi connectivity index (χ4v) is 1.38. The first-order valence-corrected chi connectivity index (χ1v) is 4.76. The van der Waals surface area contributed by atoms with E-state index in [2.05, 4.69) is 0 Å². The van der Waals surface area contributed by atoms with Crippen LogP contribution in [0.1, 0.15) is 15.9 Å². The first-order valence-electron chi connectivity index (χ1n) is 4.76. The van der Waals surface area contributed by atoms with Gasteiger partial charge in [0.15, 0.2) is 6.10 Å². The smallest absolute Gasteiger partial charge is 0.252 e. The third-order valence-electron chi connectivity index (χ3n) is 2.41. The molecule has 92 valence electrons. The molecule has 1 amide bonds. The van der Waals surface area contributed by atoms with Gasteiger partial charge < -0.3 is 20.7 Å². The van der Waals surface area contributed by atoms with E-state index in [0.717, 1.165) is 7.11 Å². The van der Waals surface area contributed by atoms with Crippen LogP contribution in [-0.4, -0.2) is 35.6 Å². The molecule has 6 heteroatoms. The lowest BCUT2D eigenvalue weighted by Gasteiger charge is -2.29. The van der Waals surface area contributed by atoms with Gasteiger partial charge in [-0.05, 0) is 0 Å². The summed E-state index contributed by atoms with van der Waals surface area (Å²) in [6.07, 6.45) is -1.28. The van der Waals surface area contributed by atoms with Gasteiger partial charge in [0.1, 0.15) is 6.29 Å². The molecule has 17 heavy (non-hydrogen) atoms. The second-order valence-electron chi connectivity index (χ2n) is 3.45. The Hall–Kier alpha value is -1.76. The van der Waals surface area contributed by atoms with Crippen LogP contribution in [0.15, 0.2) is 24.3 Å². The molecule has 0 saturated carbocycles. The fourth-order valence-electron chi connectivity index (χ4n) is 1.38. The highest BCUT2D eigenvalue weighted by Crippen LogP contribution is 2.26. The number of aliphatic hydroxyl groups excluding tert-OH is 1. The van der Waals surface area contributed by atoms with Crippen molar-refractivity contribution in [2.24, 2.45) is 5.73 Å². The zero-order chi connectivity index (χ0) is 13.1. The highest BCUT2D eigenvalue weighted by molar-refractivity contribution is 5.80. The number of hydrogen-bond donors (Lipinski definition) is 3. The topological polar surface area (TPSA) is 110 Å². The van der Waals surface area contributed by atoms with Crippen LogP contribution in [0.4, 0.5) is 0 Å². The second-order valence-corrected chi connectivity index (χ2v) is 3.45. The molecule has 1 aromatic rings. The number of benzene rings is 1. The zero-order valence-corrected chi connectivity index (χ0v) is 9.16. The Bertz CT molecular complexity index is 416. The molecule has 0 bridgehead atoms. The normalized spacial score (nSPS) is 15.9. The number of carbonyl (C=O) groups is 2. The molecule has 0 heterocycles. The third kappa shape index (κ3) is 2.50. The van der Waals surface area contributed by atoms with Crippen molar-refractivity contribution in [3.05, 3.63) is 35.4 Å². The summed E-state index contributed by atoms with van der Waals surface area (Å²) in [6, 6.07) is 5.55.